The molecule has 2 aromatic carbocycles. The van der Waals surface area contributed by atoms with Crippen LogP contribution < -0.4 is 10.2 Å². The monoisotopic (exact) mass is 536 g/mol. The van der Waals surface area contributed by atoms with Crippen molar-refractivity contribution in [1.29, 1.82) is 0 Å². The number of halogens is 2. The fourth-order valence-corrected chi connectivity index (χ4v) is 3.58. The highest BCUT2D eigenvalue weighted by atomic mass is 127. The molecule has 0 saturated heterocycles. The van der Waals surface area contributed by atoms with Crippen LogP contribution in [0.3, 0.4) is 0 Å². The predicted octanol–water partition coefficient (Wildman–Crippen LogP) is 3.76. The molecule has 0 spiro atoms. The summed E-state index contributed by atoms with van der Waals surface area (Å²) < 4.78 is 6.79. The van der Waals surface area contributed by atoms with Crippen molar-refractivity contribution in [2.45, 2.75) is 6.92 Å². The first-order chi connectivity index (χ1) is 11.0. The van der Waals surface area contributed by atoms with Gasteiger partial charge in [0, 0.05) is 5.56 Å². The summed E-state index contributed by atoms with van der Waals surface area (Å²) in [4.78, 5) is 12.0. The summed E-state index contributed by atoms with van der Waals surface area (Å²) in [6.07, 6.45) is 1.54. The molecular formula is C16H14I2N2O3. The third-order valence-corrected chi connectivity index (χ3v) is 4.49. The van der Waals surface area contributed by atoms with Crippen molar-refractivity contribution in [3.63, 3.8) is 0 Å². The Kier molecular flexibility index (Phi) is 6.63. The number of rotatable bonds is 5. The number of nitrogens with zero attached hydrogens (tertiary/aromatic N) is 1. The average Bonchev–Trinajstić information content (AvgIpc) is 2.53. The predicted molar refractivity (Wildman–Crippen MR) is 106 cm³/mol. The maximum atomic E-state index is 12.0. The molecule has 5 nitrogen and oxygen atoms in total. The van der Waals surface area contributed by atoms with E-state index in [2.05, 4.69) is 10.5 Å². The van der Waals surface area contributed by atoms with Gasteiger partial charge in [0.15, 0.2) is 0 Å². The van der Waals surface area contributed by atoms with Crippen molar-refractivity contribution in [2.24, 2.45) is 5.10 Å². The summed E-state index contributed by atoms with van der Waals surface area (Å²) in [5.41, 5.74) is 3.77. The molecule has 1 amide bonds. The number of hydrogen-bond donors (Lipinski definition) is 2. The number of hydrogen-bond acceptors (Lipinski definition) is 4. The SMILES string of the molecule is CCOc1ccc(C(=O)N/N=C\c2cc(I)c(O)c(I)c2)cc1. The second-order valence-corrected chi connectivity index (χ2v) is 6.81. The average molecular weight is 536 g/mol. The van der Waals surface area contributed by atoms with Crippen molar-refractivity contribution in [1.82, 2.24) is 5.43 Å². The lowest BCUT2D eigenvalue weighted by Crippen LogP contribution is -2.17. The number of carbonyl (C=O) groups excluding carboxylic acids is 1. The van der Waals surface area contributed by atoms with E-state index in [0.717, 1.165) is 18.5 Å². The molecule has 0 saturated carbocycles. The molecular weight excluding hydrogens is 522 g/mol. The van der Waals surface area contributed by atoms with E-state index in [4.69, 9.17) is 4.74 Å². The smallest absolute Gasteiger partial charge is 0.271 e. The number of aromatic hydroxyl groups is 1. The molecule has 0 heterocycles. The molecule has 0 radical (unpaired) electrons. The van der Waals surface area contributed by atoms with Crippen molar-refractivity contribution in [3.05, 3.63) is 54.7 Å². The van der Waals surface area contributed by atoms with Crippen LogP contribution >= 0.6 is 45.2 Å². The topological polar surface area (TPSA) is 70.9 Å². The molecule has 7 heteroatoms. The Morgan fingerprint density at radius 3 is 2.43 bits per heavy atom. The van der Waals surface area contributed by atoms with E-state index < -0.39 is 0 Å². The third kappa shape index (κ3) is 5.06. The minimum atomic E-state index is -0.299. The number of phenols is 1. The first-order valence-electron chi connectivity index (χ1n) is 6.75. The Balaban J connectivity index is 2.01. The summed E-state index contributed by atoms with van der Waals surface area (Å²) in [5.74, 6) is 0.676. The van der Waals surface area contributed by atoms with Crippen LogP contribution in [0.1, 0.15) is 22.8 Å². The Labute approximate surface area is 161 Å². The fourth-order valence-electron chi connectivity index (χ4n) is 1.76. The maximum Gasteiger partial charge on any atom is 0.271 e. The van der Waals surface area contributed by atoms with Gasteiger partial charge in [-0.2, -0.15) is 5.10 Å². The van der Waals surface area contributed by atoms with Gasteiger partial charge in [-0.3, -0.25) is 4.79 Å². The summed E-state index contributed by atoms with van der Waals surface area (Å²) in [6, 6.07) is 10.4. The number of ether oxygens (including phenoxy) is 1. The zero-order valence-electron chi connectivity index (χ0n) is 12.2. The number of benzene rings is 2. The number of phenolic OH excluding ortho intramolecular Hbond substituents is 1. The van der Waals surface area contributed by atoms with E-state index in [1.807, 2.05) is 52.1 Å². The van der Waals surface area contributed by atoms with Crippen LogP contribution in [0.2, 0.25) is 0 Å². The Hall–Kier alpha value is -1.36. The molecule has 2 N–H and O–H groups in total. The van der Waals surface area contributed by atoms with E-state index in [1.54, 1.807) is 36.4 Å². The molecule has 0 unspecified atom stereocenters. The molecule has 0 aliphatic heterocycles. The molecule has 0 aliphatic rings. The summed E-state index contributed by atoms with van der Waals surface area (Å²) in [6.45, 7) is 2.49. The summed E-state index contributed by atoms with van der Waals surface area (Å²) >= 11 is 4.09. The van der Waals surface area contributed by atoms with E-state index in [0.29, 0.717) is 12.2 Å². The minimum Gasteiger partial charge on any atom is -0.506 e. The molecule has 0 aliphatic carbocycles. The lowest BCUT2D eigenvalue weighted by Gasteiger charge is -2.04. The van der Waals surface area contributed by atoms with Gasteiger partial charge >= 0.3 is 0 Å². The molecule has 120 valence electrons. The van der Waals surface area contributed by atoms with Crippen LogP contribution in [0, 0.1) is 7.14 Å². The highest BCUT2D eigenvalue weighted by Crippen LogP contribution is 2.26. The minimum absolute atomic E-state index is 0.252. The number of amides is 1. The van der Waals surface area contributed by atoms with Crippen molar-refractivity contribution in [3.8, 4) is 11.5 Å². The molecule has 2 rings (SSSR count). The van der Waals surface area contributed by atoms with Gasteiger partial charge in [-0.25, -0.2) is 5.43 Å². The van der Waals surface area contributed by atoms with Crippen molar-refractivity contribution in [2.75, 3.05) is 6.61 Å². The van der Waals surface area contributed by atoms with E-state index in [1.165, 1.54) is 6.21 Å². The lowest BCUT2D eigenvalue weighted by atomic mass is 10.2. The van der Waals surface area contributed by atoms with Crippen molar-refractivity contribution < 1.29 is 14.6 Å². The first-order valence-corrected chi connectivity index (χ1v) is 8.91. The van der Waals surface area contributed by atoms with E-state index >= 15 is 0 Å². The van der Waals surface area contributed by atoms with Gasteiger partial charge in [-0.15, -0.1) is 0 Å². The molecule has 23 heavy (non-hydrogen) atoms. The van der Waals surface area contributed by atoms with E-state index in [9.17, 15) is 9.90 Å². The maximum absolute atomic E-state index is 12.0. The standard InChI is InChI=1S/C16H14I2N2O3/c1-2-23-12-5-3-11(4-6-12)16(22)20-19-9-10-7-13(17)15(21)14(18)8-10/h3-9,21H,2H2,1H3,(H,20,22)/b19-9-. The van der Waals surface area contributed by atoms with Gasteiger partial charge in [-0.05, 0) is 94.1 Å². The molecule has 0 fully saturated rings. The number of carbonyl (C=O) groups is 1. The summed E-state index contributed by atoms with van der Waals surface area (Å²) in [7, 11) is 0. The van der Waals surface area contributed by atoms with Crippen LogP contribution in [0.15, 0.2) is 41.5 Å². The second-order valence-electron chi connectivity index (χ2n) is 4.49. The molecule has 2 aromatic rings. The van der Waals surface area contributed by atoms with Gasteiger partial charge in [0.25, 0.3) is 5.91 Å². The lowest BCUT2D eigenvalue weighted by molar-refractivity contribution is 0.0955. The number of hydrazone groups is 1. The molecule has 0 bridgehead atoms. The number of nitrogens with one attached hydrogen (secondary N) is 1. The van der Waals surface area contributed by atoms with Gasteiger partial charge in [0.05, 0.1) is 20.0 Å². The Bertz CT molecular complexity index is 708. The van der Waals surface area contributed by atoms with Crippen LogP contribution in [0.5, 0.6) is 11.5 Å². The van der Waals surface area contributed by atoms with Gasteiger partial charge in [0.2, 0.25) is 0 Å². The van der Waals surface area contributed by atoms with Gasteiger partial charge < -0.3 is 9.84 Å². The quantitative estimate of drug-likeness (QED) is 0.348. The zero-order valence-corrected chi connectivity index (χ0v) is 16.5. The normalized spacial score (nSPS) is 10.7. The molecule has 0 aromatic heterocycles. The zero-order chi connectivity index (χ0) is 16.8. The van der Waals surface area contributed by atoms with Gasteiger partial charge in [0.1, 0.15) is 11.5 Å². The van der Waals surface area contributed by atoms with Crippen molar-refractivity contribution >= 4 is 57.3 Å². The fraction of sp³-hybridized carbons (Fsp3) is 0.125. The third-order valence-electron chi connectivity index (χ3n) is 2.85. The summed E-state index contributed by atoms with van der Waals surface area (Å²) in [5, 5.41) is 13.7. The largest absolute Gasteiger partial charge is 0.506 e. The first kappa shape index (κ1) is 18.0. The van der Waals surface area contributed by atoms with Crippen LogP contribution in [0.25, 0.3) is 0 Å². The highest BCUT2D eigenvalue weighted by Gasteiger charge is 2.06. The van der Waals surface area contributed by atoms with Crippen LogP contribution in [-0.4, -0.2) is 23.8 Å². The second kappa shape index (κ2) is 8.48. The Morgan fingerprint density at radius 2 is 1.87 bits per heavy atom. The van der Waals surface area contributed by atoms with Crippen LogP contribution in [0.4, 0.5) is 0 Å². The highest BCUT2D eigenvalue weighted by molar-refractivity contribution is 14.1. The van der Waals surface area contributed by atoms with Gasteiger partial charge in [-0.1, -0.05) is 0 Å². The van der Waals surface area contributed by atoms with E-state index in [-0.39, 0.29) is 11.7 Å². The van der Waals surface area contributed by atoms with Crippen LogP contribution in [-0.2, 0) is 0 Å². The molecule has 0 atom stereocenters. The Morgan fingerprint density at radius 1 is 1.26 bits per heavy atom.